The van der Waals surface area contributed by atoms with Crippen LogP contribution >= 0.6 is 0 Å². The van der Waals surface area contributed by atoms with Crippen LogP contribution in [0.4, 0.5) is 0 Å². The van der Waals surface area contributed by atoms with Crippen molar-refractivity contribution in [3.05, 3.63) is 42.1 Å². The van der Waals surface area contributed by atoms with Gasteiger partial charge in [-0.05, 0) is 12.1 Å². The van der Waals surface area contributed by atoms with Crippen LogP contribution in [0, 0.1) is 0 Å². The normalized spacial score (nSPS) is 22.2. The second-order valence-corrected chi connectivity index (χ2v) is 9.06. The molecule has 0 unspecified atom stereocenters. The van der Waals surface area contributed by atoms with Gasteiger partial charge in [0.05, 0.1) is 0 Å². The number of H-pyrrole nitrogens is 1. The van der Waals surface area contributed by atoms with Crippen molar-refractivity contribution in [1.29, 1.82) is 0 Å². The van der Waals surface area contributed by atoms with E-state index in [1.165, 1.54) is 12.2 Å². The summed E-state index contributed by atoms with van der Waals surface area (Å²) in [5, 5.41) is 0.880. The van der Waals surface area contributed by atoms with Gasteiger partial charge in [0, 0.05) is 54.4 Å². The molecule has 2 heterocycles. The van der Waals surface area contributed by atoms with Crippen molar-refractivity contribution in [1.82, 2.24) is 4.98 Å². The lowest BCUT2D eigenvalue weighted by Crippen LogP contribution is -2.63. The number of hydrogen-bond donors (Lipinski definition) is 1. The molecule has 1 aliphatic rings. The van der Waals surface area contributed by atoms with E-state index in [1.54, 1.807) is 33.9 Å². The summed E-state index contributed by atoms with van der Waals surface area (Å²) >= 11 is 0. The molecule has 1 fully saturated rings. The zero-order valence-electron chi connectivity index (χ0n) is 23.5. The summed E-state index contributed by atoms with van der Waals surface area (Å²) in [6, 6.07) is 7.51. The first kappa shape index (κ1) is 31.3. The first-order valence-corrected chi connectivity index (χ1v) is 13.5. The summed E-state index contributed by atoms with van der Waals surface area (Å²) in [4.78, 5) is 65.1. The average molecular weight is 574 g/mol. The first-order chi connectivity index (χ1) is 19.7. The third kappa shape index (κ3) is 8.40. The highest BCUT2D eigenvalue weighted by Gasteiger charge is 2.54. The summed E-state index contributed by atoms with van der Waals surface area (Å²) in [7, 11) is 0. The molecule has 0 bridgehead atoms. The zero-order valence-corrected chi connectivity index (χ0v) is 23.5. The molecule has 2 aromatic rings. The summed E-state index contributed by atoms with van der Waals surface area (Å²) in [5.74, 6) is -3.48. The molecule has 1 aromatic heterocycles. The van der Waals surface area contributed by atoms with E-state index in [0.29, 0.717) is 0 Å². The molecule has 5 atom stereocenters. The molecule has 12 nitrogen and oxygen atoms in total. The first-order valence-electron chi connectivity index (χ1n) is 13.5. The minimum atomic E-state index is -1.60. The number of benzene rings is 1. The number of carbonyl (C=O) groups is 5. The van der Waals surface area contributed by atoms with E-state index in [4.69, 9.17) is 28.4 Å². The fourth-order valence-corrected chi connectivity index (χ4v) is 4.04. The van der Waals surface area contributed by atoms with Crippen molar-refractivity contribution < 1.29 is 52.4 Å². The molecule has 3 rings (SSSR count). The van der Waals surface area contributed by atoms with Crippen molar-refractivity contribution in [3.8, 4) is 0 Å². The van der Waals surface area contributed by atoms with Gasteiger partial charge in [-0.1, -0.05) is 45.9 Å². The zero-order chi connectivity index (χ0) is 29.9. The van der Waals surface area contributed by atoms with Crippen LogP contribution in [0.1, 0.15) is 58.9 Å². The van der Waals surface area contributed by atoms with Crippen molar-refractivity contribution >= 4 is 46.8 Å². The lowest BCUT2D eigenvalue weighted by molar-refractivity contribution is -0.300. The molecule has 41 heavy (non-hydrogen) atoms. The molecule has 0 aliphatic carbocycles. The number of aromatic nitrogens is 1. The highest BCUT2D eigenvalue weighted by Crippen LogP contribution is 2.31. The predicted molar refractivity (Wildman–Crippen MR) is 144 cm³/mol. The number of fused-ring (bicyclic) bond motifs is 1. The molecule has 0 spiro atoms. The molecule has 12 heteroatoms. The molecular formula is C29H35NO11. The van der Waals surface area contributed by atoms with Crippen LogP contribution < -0.4 is 0 Å². The standard InChI is InChI=1S/C29H35NO11/c1-5-21(31)36-16-20-26(38-22(32)6-2)27(39-23(33)7-3)28(40-24(34)8-4)29(37-20)41-25(35)14-13-17-15-30-19-12-10-9-11-18(17)19/h9-15,20,26-30H,5-8,16H2,1-4H3/b14-13+/t20-,26-,27+,28-,29-/m1/s1. The Morgan fingerprint density at radius 2 is 1.37 bits per heavy atom. The fourth-order valence-electron chi connectivity index (χ4n) is 4.04. The SMILES string of the molecule is CCC(=O)OC[C@H]1O[C@H](OC(=O)/C=C/c2c[nH]c3ccccc23)[C@H](OC(=O)CC)[C@@H](OC(=O)CC)[C@@H]1OC(=O)CC. The van der Waals surface area contributed by atoms with Crippen molar-refractivity contribution in [2.45, 2.75) is 84.1 Å². The highest BCUT2D eigenvalue weighted by molar-refractivity contribution is 5.94. The summed E-state index contributed by atoms with van der Waals surface area (Å²) in [6.45, 7) is 5.84. The Balaban J connectivity index is 1.94. The Morgan fingerprint density at radius 3 is 2.00 bits per heavy atom. The van der Waals surface area contributed by atoms with Gasteiger partial charge in [0.25, 0.3) is 0 Å². The maximum absolute atomic E-state index is 12.9. The van der Waals surface area contributed by atoms with E-state index in [0.717, 1.165) is 16.5 Å². The topological polar surface area (TPSA) is 157 Å². The van der Waals surface area contributed by atoms with Gasteiger partial charge in [0.15, 0.2) is 12.2 Å². The van der Waals surface area contributed by atoms with Crippen LogP contribution in [0.15, 0.2) is 36.5 Å². The summed E-state index contributed by atoms with van der Waals surface area (Å²) in [6.07, 6.45) is -2.70. The van der Waals surface area contributed by atoms with E-state index in [-0.39, 0.29) is 25.7 Å². The highest BCUT2D eigenvalue weighted by atomic mass is 16.7. The number of carbonyl (C=O) groups excluding carboxylic acids is 5. The minimum Gasteiger partial charge on any atom is -0.463 e. The van der Waals surface area contributed by atoms with Crippen molar-refractivity contribution in [3.63, 3.8) is 0 Å². The number of rotatable bonds is 12. The van der Waals surface area contributed by atoms with E-state index in [9.17, 15) is 24.0 Å². The molecule has 1 aliphatic heterocycles. The third-order valence-electron chi connectivity index (χ3n) is 6.21. The third-order valence-corrected chi connectivity index (χ3v) is 6.21. The monoisotopic (exact) mass is 573 g/mol. The van der Waals surface area contributed by atoms with E-state index >= 15 is 0 Å². The molecular weight excluding hydrogens is 538 g/mol. The molecule has 1 saturated heterocycles. The predicted octanol–water partition coefficient (Wildman–Crippen LogP) is 3.37. The average Bonchev–Trinajstić information content (AvgIpc) is 3.40. The Hall–Kier alpha value is -4.19. The van der Waals surface area contributed by atoms with Gasteiger partial charge < -0.3 is 33.4 Å². The number of hydrogen-bond acceptors (Lipinski definition) is 11. The van der Waals surface area contributed by atoms with Gasteiger partial charge in [-0.2, -0.15) is 0 Å². The molecule has 0 radical (unpaired) electrons. The van der Waals surface area contributed by atoms with Gasteiger partial charge in [-0.15, -0.1) is 0 Å². The van der Waals surface area contributed by atoms with Crippen LogP contribution in [-0.2, 0) is 52.4 Å². The van der Waals surface area contributed by atoms with Gasteiger partial charge >= 0.3 is 29.8 Å². The number of para-hydroxylation sites is 1. The maximum atomic E-state index is 12.9. The van der Waals surface area contributed by atoms with Gasteiger partial charge in [-0.3, -0.25) is 19.2 Å². The van der Waals surface area contributed by atoms with Crippen LogP contribution in [0.25, 0.3) is 17.0 Å². The molecule has 0 amide bonds. The fraction of sp³-hybridized carbons (Fsp3) is 0.483. The van der Waals surface area contributed by atoms with Crippen LogP contribution in [0.2, 0.25) is 0 Å². The van der Waals surface area contributed by atoms with Gasteiger partial charge in [0.2, 0.25) is 12.4 Å². The van der Waals surface area contributed by atoms with Gasteiger partial charge in [-0.25, -0.2) is 4.79 Å². The quantitative estimate of drug-likeness (QED) is 0.226. The smallest absolute Gasteiger partial charge is 0.333 e. The van der Waals surface area contributed by atoms with Crippen LogP contribution in [-0.4, -0.2) is 72.1 Å². The second-order valence-electron chi connectivity index (χ2n) is 9.06. The van der Waals surface area contributed by atoms with Crippen molar-refractivity contribution in [2.24, 2.45) is 0 Å². The number of nitrogens with one attached hydrogen (secondary N) is 1. The number of ether oxygens (including phenoxy) is 6. The Bertz CT molecular complexity index is 1270. The van der Waals surface area contributed by atoms with Crippen LogP contribution in [0.3, 0.4) is 0 Å². The van der Waals surface area contributed by atoms with Crippen LogP contribution in [0.5, 0.6) is 0 Å². The lowest BCUT2D eigenvalue weighted by atomic mass is 9.98. The van der Waals surface area contributed by atoms with Crippen molar-refractivity contribution in [2.75, 3.05) is 6.61 Å². The molecule has 222 valence electrons. The molecule has 1 aromatic carbocycles. The Kier molecular flexibility index (Phi) is 11.5. The Morgan fingerprint density at radius 1 is 0.780 bits per heavy atom. The number of aromatic amines is 1. The summed E-state index contributed by atoms with van der Waals surface area (Å²) < 4.78 is 33.3. The Labute approximate surface area is 237 Å². The summed E-state index contributed by atoms with van der Waals surface area (Å²) in [5.41, 5.74) is 1.60. The molecule has 1 N–H and O–H groups in total. The van der Waals surface area contributed by atoms with E-state index in [1.807, 2.05) is 24.3 Å². The maximum Gasteiger partial charge on any atom is 0.333 e. The number of esters is 5. The van der Waals surface area contributed by atoms with Gasteiger partial charge in [0.1, 0.15) is 12.7 Å². The minimum absolute atomic E-state index is 0.0249. The van der Waals surface area contributed by atoms with E-state index in [2.05, 4.69) is 4.98 Å². The second kappa shape index (κ2) is 15.0. The molecule has 0 saturated carbocycles. The van der Waals surface area contributed by atoms with E-state index < -0.39 is 67.2 Å². The lowest BCUT2D eigenvalue weighted by Gasteiger charge is -2.43. The largest absolute Gasteiger partial charge is 0.463 e.